The molecule has 0 aliphatic rings. The van der Waals surface area contributed by atoms with Crippen molar-refractivity contribution in [2.45, 2.75) is 0 Å². The Morgan fingerprint density at radius 1 is 2.00 bits per heavy atom. The molecule has 2 nitrogen and oxygen atoms in total. The third kappa shape index (κ3) is 6.47. The molecule has 0 fully saturated rings. The van der Waals surface area contributed by atoms with E-state index in [9.17, 15) is 4.79 Å². The largest absolute Gasteiger partial charge is 2.00 e. The third-order valence-electron chi connectivity index (χ3n) is 0.368. The molecule has 0 amide bonds. The average Bonchev–Trinajstić information content (AvgIpc) is 1.65. The summed E-state index contributed by atoms with van der Waals surface area (Å²) in [6.45, 7) is 3.16. The summed E-state index contributed by atoms with van der Waals surface area (Å²) < 4.78 is 4.14. The Morgan fingerprint density at radius 2 is 2.43 bits per heavy atom. The van der Waals surface area contributed by atoms with Crippen molar-refractivity contribution < 1.29 is 12.4 Å². The van der Waals surface area contributed by atoms with Gasteiger partial charge in [-0.3, -0.25) is 0 Å². The second-order valence-corrected chi connectivity index (χ2v) is 0.727. The van der Waals surface area contributed by atoms with Crippen LogP contribution < -0.4 is 0 Å². The smallest absolute Gasteiger partial charge is 1.00 e. The molecule has 0 rings (SSSR count). The molecule has 0 unspecified atom stereocenters. The van der Waals surface area contributed by atoms with Crippen LogP contribution in [0.1, 0.15) is 2.85 Å². The SMILES string of the molecule is C=CC(=O)OC.[Ca+2].[H-].[H-]. The van der Waals surface area contributed by atoms with E-state index >= 15 is 0 Å². The first kappa shape index (κ1) is 10.5. The second kappa shape index (κ2) is 6.47. The number of carbonyl (C=O) groups excluding carboxylic acids is 1. The molecule has 0 aromatic carbocycles. The molecule has 0 aliphatic heterocycles. The standard InChI is InChI=1S/C4H6O2.Ca.2H/c1-3-4(5)6-2;;;/h3H,1H2,2H3;;;/q;+2;2*-1. The zero-order chi connectivity index (χ0) is 4.99. The van der Waals surface area contributed by atoms with Crippen molar-refractivity contribution in [1.29, 1.82) is 0 Å². The van der Waals surface area contributed by atoms with E-state index in [0.29, 0.717) is 0 Å². The van der Waals surface area contributed by atoms with E-state index in [4.69, 9.17) is 0 Å². The fourth-order valence-corrected chi connectivity index (χ4v) is 0.0833. The summed E-state index contributed by atoms with van der Waals surface area (Å²) in [5, 5.41) is 0. The van der Waals surface area contributed by atoms with E-state index in [0.717, 1.165) is 6.08 Å². The first-order chi connectivity index (χ1) is 2.81. The van der Waals surface area contributed by atoms with Gasteiger partial charge in [-0.1, -0.05) is 6.58 Å². The Kier molecular flexibility index (Phi) is 9.66. The Hall–Kier alpha value is 0.470. The number of esters is 1. The van der Waals surface area contributed by atoms with Crippen molar-refractivity contribution >= 4 is 43.7 Å². The van der Waals surface area contributed by atoms with Gasteiger partial charge in [-0.05, 0) is 0 Å². The van der Waals surface area contributed by atoms with Gasteiger partial charge >= 0.3 is 43.7 Å². The van der Waals surface area contributed by atoms with E-state index < -0.39 is 5.97 Å². The molecule has 38 valence electrons. The minimum absolute atomic E-state index is 0. The molecule has 0 N–H and O–H groups in total. The van der Waals surface area contributed by atoms with E-state index in [1.807, 2.05) is 0 Å². The number of rotatable bonds is 1. The van der Waals surface area contributed by atoms with Crippen LogP contribution in [0.5, 0.6) is 0 Å². The van der Waals surface area contributed by atoms with Crippen LogP contribution in [-0.4, -0.2) is 50.8 Å². The normalized spacial score (nSPS) is 5.86. The molecule has 0 saturated carbocycles. The summed E-state index contributed by atoms with van der Waals surface area (Å²) in [4.78, 5) is 9.84. The molecular weight excluding hydrogens is 120 g/mol. The van der Waals surface area contributed by atoms with Crippen LogP contribution >= 0.6 is 0 Å². The minimum atomic E-state index is -0.394. The van der Waals surface area contributed by atoms with Crippen LogP contribution in [0.25, 0.3) is 0 Å². The number of ether oxygens (including phenoxy) is 1. The van der Waals surface area contributed by atoms with Gasteiger partial charge in [0.25, 0.3) is 0 Å². The van der Waals surface area contributed by atoms with E-state index in [1.165, 1.54) is 7.11 Å². The van der Waals surface area contributed by atoms with E-state index in [1.54, 1.807) is 0 Å². The van der Waals surface area contributed by atoms with Crippen LogP contribution in [-0.2, 0) is 9.53 Å². The van der Waals surface area contributed by atoms with Gasteiger partial charge in [0.2, 0.25) is 0 Å². The average molecular weight is 128 g/mol. The predicted octanol–water partition coefficient (Wildman–Crippen LogP) is 0.190. The van der Waals surface area contributed by atoms with Gasteiger partial charge < -0.3 is 7.59 Å². The molecular formula is C4H8CaO2. The molecule has 0 aromatic rings. The zero-order valence-corrected chi connectivity index (χ0v) is 6.52. The Morgan fingerprint density at radius 3 is 2.43 bits per heavy atom. The molecule has 7 heavy (non-hydrogen) atoms. The second-order valence-electron chi connectivity index (χ2n) is 0.727. The topological polar surface area (TPSA) is 26.3 Å². The van der Waals surface area contributed by atoms with Crippen molar-refractivity contribution in [2.24, 2.45) is 0 Å². The number of carbonyl (C=O) groups is 1. The van der Waals surface area contributed by atoms with Crippen LogP contribution in [0.2, 0.25) is 0 Å². The van der Waals surface area contributed by atoms with Crippen LogP contribution in [0.15, 0.2) is 12.7 Å². The molecule has 3 heteroatoms. The molecule has 0 spiro atoms. The molecule has 0 radical (unpaired) electrons. The number of hydrogen-bond donors (Lipinski definition) is 0. The van der Waals surface area contributed by atoms with Gasteiger partial charge in [-0.15, -0.1) is 0 Å². The van der Waals surface area contributed by atoms with Crippen molar-refractivity contribution in [3.63, 3.8) is 0 Å². The summed E-state index contributed by atoms with van der Waals surface area (Å²) in [5.41, 5.74) is 0. The molecule has 0 atom stereocenters. The Balaban J connectivity index is -0.0000000417. The molecule has 0 heterocycles. The van der Waals surface area contributed by atoms with Gasteiger partial charge in [0.05, 0.1) is 7.11 Å². The minimum Gasteiger partial charge on any atom is -1.00 e. The van der Waals surface area contributed by atoms with Gasteiger partial charge in [-0.25, -0.2) is 4.79 Å². The number of methoxy groups -OCH3 is 1. The first-order valence-corrected chi connectivity index (χ1v) is 1.51. The van der Waals surface area contributed by atoms with E-state index in [-0.39, 0.29) is 40.6 Å². The monoisotopic (exact) mass is 128 g/mol. The van der Waals surface area contributed by atoms with Gasteiger partial charge in [0.1, 0.15) is 0 Å². The summed E-state index contributed by atoms with van der Waals surface area (Å²) in [6, 6.07) is 0. The summed E-state index contributed by atoms with van der Waals surface area (Å²) in [7, 11) is 1.31. The third-order valence-corrected chi connectivity index (χ3v) is 0.368. The molecule has 0 bridgehead atoms. The summed E-state index contributed by atoms with van der Waals surface area (Å²) >= 11 is 0. The zero-order valence-electron chi connectivity index (χ0n) is 6.31. The molecule has 0 aromatic heterocycles. The van der Waals surface area contributed by atoms with E-state index in [2.05, 4.69) is 11.3 Å². The van der Waals surface area contributed by atoms with Crippen molar-refractivity contribution in [1.82, 2.24) is 0 Å². The molecule has 0 aliphatic carbocycles. The number of hydrogen-bond acceptors (Lipinski definition) is 2. The van der Waals surface area contributed by atoms with Crippen LogP contribution in [0.4, 0.5) is 0 Å². The van der Waals surface area contributed by atoms with Crippen LogP contribution in [0, 0.1) is 0 Å². The fraction of sp³-hybridized carbons (Fsp3) is 0.250. The van der Waals surface area contributed by atoms with Crippen LogP contribution in [0.3, 0.4) is 0 Å². The Labute approximate surface area is 75.5 Å². The quantitative estimate of drug-likeness (QED) is 0.286. The van der Waals surface area contributed by atoms with Crippen molar-refractivity contribution in [3.05, 3.63) is 12.7 Å². The molecule has 0 saturated heterocycles. The maximum atomic E-state index is 9.84. The summed E-state index contributed by atoms with van der Waals surface area (Å²) in [5.74, 6) is -0.394. The summed E-state index contributed by atoms with van der Waals surface area (Å²) in [6.07, 6.45) is 1.11. The maximum Gasteiger partial charge on any atom is 2.00 e. The first-order valence-electron chi connectivity index (χ1n) is 1.51. The van der Waals surface area contributed by atoms with Gasteiger partial charge in [-0.2, -0.15) is 0 Å². The Bertz CT molecular complexity index is 77.0. The van der Waals surface area contributed by atoms with Gasteiger partial charge in [0, 0.05) is 6.08 Å². The predicted molar refractivity (Wildman–Crippen MR) is 30.2 cm³/mol. The van der Waals surface area contributed by atoms with Crippen molar-refractivity contribution in [3.8, 4) is 0 Å². The fourth-order valence-electron chi connectivity index (χ4n) is 0.0833. The maximum absolute atomic E-state index is 9.84. The van der Waals surface area contributed by atoms with Crippen molar-refractivity contribution in [2.75, 3.05) is 7.11 Å². The van der Waals surface area contributed by atoms with Gasteiger partial charge in [0.15, 0.2) is 0 Å².